The number of aromatic nitrogens is 2. The van der Waals surface area contributed by atoms with Gasteiger partial charge in [0, 0.05) is 44.1 Å². The maximum atomic E-state index is 12.5. The molecule has 1 saturated heterocycles. The fraction of sp³-hybridized carbons (Fsp3) is 0.353. The van der Waals surface area contributed by atoms with Crippen molar-refractivity contribution in [1.82, 2.24) is 20.2 Å². The molecule has 3 rings (SSSR count). The Hall–Kier alpha value is -1.73. The number of hydrogen-bond donors (Lipinski definition) is 1. The molecule has 6 nitrogen and oxygen atoms in total. The Balaban J connectivity index is 1.60. The summed E-state index contributed by atoms with van der Waals surface area (Å²) in [4.78, 5) is 22.7. The molecule has 2 aromatic rings. The van der Waals surface area contributed by atoms with Gasteiger partial charge in [0.1, 0.15) is 23.0 Å². The predicted octanol–water partition coefficient (Wildman–Crippen LogP) is 2.30. The van der Waals surface area contributed by atoms with Crippen molar-refractivity contribution in [2.24, 2.45) is 0 Å². The third-order valence-electron chi connectivity index (χ3n) is 3.97. The Morgan fingerprint density at radius 1 is 1.16 bits per heavy atom. The minimum absolute atomic E-state index is 0.176. The number of carbonyl (C=O) groups is 1. The fourth-order valence-electron chi connectivity index (χ4n) is 2.65. The average Bonchev–Trinajstić information content (AvgIpc) is 2.63. The highest BCUT2D eigenvalue weighted by molar-refractivity contribution is 6.29. The van der Waals surface area contributed by atoms with Crippen molar-refractivity contribution in [1.29, 1.82) is 0 Å². The molecule has 1 atom stereocenters. The van der Waals surface area contributed by atoms with Crippen LogP contribution in [0.5, 0.6) is 0 Å². The second-order valence-corrected chi connectivity index (χ2v) is 6.55. The van der Waals surface area contributed by atoms with E-state index in [0.29, 0.717) is 23.4 Å². The van der Waals surface area contributed by atoms with Crippen LogP contribution < -0.4 is 5.32 Å². The normalized spacial score (nSPS) is 18.1. The summed E-state index contributed by atoms with van der Waals surface area (Å²) in [6, 6.07) is 6.79. The van der Waals surface area contributed by atoms with Crippen LogP contribution in [-0.2, 0) is 22.7 Å². The molecule has 132 valence electrons. The van der Waals surface area contributed by atoms with E-state index in [4.69, 9.17) is 27.9 Å². The van der Waals surface area contributed by atoms with Crippen LogP contribution in [0.15, 0.2) is 36.7 Å². The molecule has 8 heteroatoms. The highest BCUT2D eigenvalue weighted by Gasteiger charge is 2.30. The second-order valence-electron chi connectivity index (χ2n) is 5.78. The van der Waals surface area contributed by atoms with Gasteiger partial charge >= 0.3 is 5.97 Å². The number of hydrogen-bond acceptors (Lipinski definition) is 6. The van der Waals surface area contributed by atoms with E-state index in [0.717, 1.165) is 24.2 Å². The van der Waals surface area contributed by atoms with E-state index >= 15 is 0 Å². The molecular weight excluding hydrogens is 363 g/mol. The van der Waals surface area contributed by atoms with Gasteiger partial charge in [-0.05, 0) is 17.7 Å². The monoisotopic (exact) mass is 380 g/mol. The smallest absolute Gasteiger partial charge is 0.325 e. The lowest BCUT2D eigenvalue weighted by Crippen LogP contribution is -2.54. The largest absolute Gasteiger partial charge is 0.460 e. The number of pyridine rings is 2. The molecule has 1 fully saturated rings. The molecule has 0 radical (unpaired) electrons. The van der Waals surface area contributed by atoms with E-state index in [1.54, 1.807) is 30.6 Å². The first-order valence-electron chi connectivity index (χ1n) is 7.94. The number of ether oxygens (including phenoxy) is 1. The maximum Gasteiger partial charge on any atom is 0.325 e. The van der Waals surface area contributed by atoms with E-state index in [1.165, 1.54) is 0 Å². The van der Waals surface area contributed by atoms with Crippen LogP contribution in [0, 0.1) is 0 Å². The minimum atomic E-state index is -0.343. The Morgan fingerprint density at radius 3 is 2.48 bits per heavy atom. The SMILES string of the molecule is O=C(OCc1ccc(Cl)nc1)C1CNCCN1Cc1ccc(Cl)nc1. The fourth-order valence-corrected chi connectivity index (χ4v) is 2.87. The topological polar surface area (TPSA) is 67.3 Å². The van der Waals surface area contributed by atoms with Crippen LogP contribution in [0.3, 0.4) is 0 Å². The summed E-state index contributed by atoms with van der Waals surface area (Å²) >= 11 is 11.6. The van der Waals surface area contributed by atoms with E-state index in [9.17, 15) is 4.79 Å². The Labute approximate surface area is 156 Å². The zero-order valence-corrected chi connectivity index (χ0v) is 15.0. The van der Waals surface area contributed by atoms with Crippen molar-refractivity contribution in [3.63, 3.8) is 0 Å². The van der Waals surface area contributed by atoms with Crippen LogP contribution in [0.4, 0.5) is 0 Å². The molecule has 0 amide bonds. The number of piperazine rings is 1. The number of carbonyl (C=O) groups excluding carboxylic acids is 1. The molecule has 0 saturated carbocycles. The first-order valence-corrected chi connectivity index (χ1v) is 8.69. The molecule has 2 aromatic heterocycles. The average molecular weight is 381 g/mol. The number of nitrogens with one attached hydrogen (secondary N) is 1. The number of esters is 1. The van der Waals surface area contributed by atoms with Crippen molar-refractivity contribution in [3.05, 3.63) is 58.1 Å². The van der Waals surface area contributed by atoms with Crippen molar-refractivity contribution in [3.8, 4) is 0 Å². The van der Waals surface area contributed by atoms with Gasteiger partial charge in [-0.15, -0.1) is 0 Å². The molecule has 1 aliphatic heterocycles. The Morgan fingerprint density at radius 2 is 1.84 bits per heavy atom. The second kappa shape index (κ2) is 8.58. The summed E-state index contributed by atoms with van der Waals surface area (Å²) in [6.45, 7) is 2.93. The van der Waals surface area contributed by atoms with Crippen LogP contribution in [-0.4, -0.2) is 46.5 Å². The predicted molar refractivity (Wildman–Crippen MR) is 95.4 cm³/mol. The van der Waals surface area contributed by atoms with Gasteiger partial charge in [-0.2, -0.15) is 0 Å². The Kier molecular flexibility index (Phi) is 6.20. The molecular formula is C17H18Cl2N4O2. The molecule has 25 heavy (non-hydrogen) atoms. The van der Waals surface area contributed by atoms with Crippen molar-refractivity contribution < 1.29 is 9.53 Å². The van der Waals surface area contributed by atoms with Crippen LogP contribution in [0.25, 0.3) is 0 Å². The van der Waals surface area contributed by atoms with Crippen LogP contribution in [0.2, 0.25) is 10.3 Å². The third kappa shape index (κ3) is 5.12. The molecule has 0 aromatic carbocycles. The summed E-state index contributed by atoms with van der Waals surface area (Å²) in [7, 11) is 0. The quantitative estimate of drug-likeness (QED) is 0.633. The lowest BCUT2D eigenvalue weighted by atomic mass is 10.1. The molecule has 1 unspecified atom stereocenters. The van der Waals surface area contributed by atoms with Gasteiger partial charge in [-0.25, -0.2) is 9.97 Å². The Bertz CT molecular complexity index is 710. The summed E-state index contributed by atoms with van der Waals surface area (Å²) in [5.74, 6) is -0.260. The van der Waals surface area contributed by atoms with Crippen LogP contribution in [0.1, 0.15) is 11.1 Å². The summed E-state index contributed by atoms with van der Waals surface area (Å²) in [6.07, 6.45) is 3.33. The van der Waals surface area contributed by atoms with Crippen molar-refractivity contribution in [2.75, 3.05) is 19.6 Å². The zero-order valence-electron chi connectivity index (χ0n) is 13.5. The first-order chi connectivity index (χ1) is 12.1. The highest BCUT2D eigenvalue weighted by Crippen LogP contribution is 2.14. The van der Waals surface area contributed by atoms with Gasteiger partial charge < -0.3 is 10.1 Å². The molecule has 1 N–H and O–H groups in total. The number of halogens is 2. The summed E-state index contributed by atoms with van der Waals surface area (Å²) in [5, 5.41) is 4.10. The summed E-state index contributed by atoms with van der Waals surface area (Å²) in [5.41, 5.74) is 1.81. The van der Waals surface area contributed by atoms with Gasteiger partial charge in [0.05, 0.1) is 0 Å². The van der Waals surface area contributed by atoms with Gasteiger partial charge in [-0.1, -0.05) is 35.3 Å². The van der Waals surface area contributed by atoms with Gasteiger partial charge in [-0.3, -0.25) is 9.69 Å². The van der Waals surface area contributed by atoms with Gasteiger partial charge in [0.25, 0.3) is 0 Å². The van der Waals surface area contributed by atoms with Gasteiger partial charge in [0.15, 0.2) is 0 Å². The van der Waals surface area contributed by atoms with Crippen molar-refractivity contribution in [2.45, 2.75) is 19.2 Å². The van der Waals surface area contributed by atoms with E-state index in [1.807, 2.05) is 6.07 Å². The zero-order chi connectivity index (χ0) is 17.6. The van der Waals surface area contributed by atoms with Gasteiger partial charge in [0.2, 0.25) is 0 Å². The lowest BCUT2D eigenvalue weighted by molar-refractivity contribution is -0.152. The minimum Gasteiger partial charge on any atom is -0.460 e. The molecule has 0 bridgehead atoms. The standard InChI is InChI=1S/C17H18Cl2N4O2/c18-15-3-1-12(7-21-15)10-23-6-5-20-9-14(23)17(24)25-11-13-2-4-16(19)22-8-13/h1-4,7-8,14,20H,5-6,9-11H2. The maximum absolute atomic E-state index is 12.5. The number of nitrogens with zero attached hydrogens (tertiary/aromatic N) is 3. The van der Waals surface area contributed by atoms with E-state index in [-0.39, 0.29) is 18.6 Å². The first kappa shape index (κ1) is 18.1. The highest BCUT2D eigenvalue weighted by atomic mass is 35.5. The van der Waals surface area contributed by atoms with E-state index < -0.39 is 0 Å². The molecule has 1 aliphatic rings. The molecule has 0 spiro atoms. The third-order valence-corrected chi connectivity index (χ3v) is 4.42. The van der Waals surface area contributed by atoms with E-state index in [2.05, 4.69) is 20.2 Å². The van der Waals surface area contributed by atoms with Crippen molar-refractivity contribution >= 4 is 29.2 Å². The van der Waals surface area contributed by atoms with Crippen LogP contribution >= 0.6 is 23.2 Å². The number of rotatable bonds is 5. The summed E-state index contributed by atoms with van der Waals surface area (Å²) < 4.78 is 5.45. The lowest BCUT2D eigenvalue weighted by Gasteiger charge is -2.34. The molecule has 0 aliphatic carbocycles. The molecule has 3 heterocycles.